The van der Waals surface area contributed by atoms with Crippen molar-refractivity contribution in [3.8, 4) is 5.75 Å². The Hall–Kier alpha value is -4.04. The average molecular weight is 628 g/mol. The number of fused-ring (bicyclic) bond motifs is 4. The summed E-state index contributed by atoms with van der Waals surface area (Å²) in [4.78, 5) is 64.2. The van der Waals surface area contributed by atoms with Crippen LogP contribution in [0.3, 0.4) is 0 Å². The normalized spacial score (nSPS) is 34.0. The van der Waals surface area contributed by atoms with Gasteiger partial charge < -0.3 is 41.5 Å². The van der Waals surface area contributed by atoms with Crippen molar-refractivity contribution >= 4 is 41.2 Å². The quantitative estimate of drug-likeness (QED) is 0.0989. The molecule has 0 saturated carbocycles. The summed E-state index contributed by atoms with van der Waals surface area (Å²) in [7, 11) is 0. The Balaban J connectivity index is 1.28. The lowest BCUT2D eigenvalue weighted by atomic mass is 9.56. The summed E-state index contributed by atoms with van der Waals surface area (Å²) in [6.45, 7) is 1.70. The number of hydrogen-bond acceptors (Lipinski definition) is 11. The lowest BCUT2D eigenvalue weighted by Gasteiger charge is -2.51. The fourth-order valence-electron chi connectivity index (χ4n) is 7.55. The van der Waals surface area contributed by atoms with Crippen molar-refractivity contribution in [2.45, 2.75) is 74.0 Å². The molecule has 13 nitrogen and oxygen atoms in total. The molecule has 5 aliphatic rings. The highest BCUT2D eigenvalue weighted by atomic mass is 32.2. The van der Waals surface area contributed by atoms with Gasteiger partial charge in [0.25, 0.3) is 5.91 Å². The molecule has 2 fully saturated rings. The van der Waals surface area contributed by atoms with Gasteiger partial charge in [-0.15, -0.1) is 0 Å². The zero-order valence-electron chi connectivity index (χ0n) is 23.7. The monoisotopic (exact) mass is 627 g/mol. The Bertz CT molecular complexity index is 1550. The zero-order valence-corrected chi connectivity index (χ0v) is 24.6. The van der Waals surface area contributed by atoms with Crippen molar-refractivity contribution in [1.82, 2.24) is 10.6 Å². The molecule has 1 aromatic rings. The minimum atomic E-state index is -2.90. The SMILES string of the molecule is C[C@H]1c2cccc(O)c2C(=O)C2=C(O)[C@]3(O)C(=O)C(C(N)=O)=C(O)C[C@@H]3[C@@H](OC(=O)CCCCC3SCC4NC(=O)NC43)[C@@H]21. The number of rotatable bonds is 7. The fraction of sp³-hybridized carbons (Fsp3) is 0.500. The number of Topliss-reactive ketones (excluding diaryl/α,β-unsaturated/α-hetero) is 2. The third-order valence-corrected chi connectivity index (χ3v) is 11.2. The maximum absolute atomic E-state index is 13.8. The second-order valence-corrected chi connectivity index (χ2v) is 13.3. The first-order valence-corrected chi connectivity index (χ1v) is 15.6. The van der Waals surface area contributed by atoms with Crippen molar-refractivity contribution in [3.63, 3.8) is 0 Å². The molecule has 8 atom stereocenters. The number of carbonyl (C=O) groups excluding carboxylic acids is 5. The molecule has 2 aliphatic heterocycles. The van der Waals surface area contributed by atoms with E-state index in [1.165, 1.54) is 6.07 Å². The topological polar surface area (TPSA) is 226 Å². The van der Waals surface area contributed by atoms with E-state index < -0.39 is 82.0 Å². The number of ether oxygens (including phenoxy) is 1. The number of aromatic hydroxyl groups is 1. The number of ketones is 2. The van der Waals surface area contributed by atoms with Gasteiger partial charge in [0, 0.05) is 41.3 Å². The Labute approximate surface area is 255 Å². The number of allylic oxidation sites excluding steroid dienone is 1. The number of esters is 1. The number of amides is 3. The number of aliphatic hydroxyl groups is 3. The fourth-order valence-corrected chi connectivity index (χ4v) is 9.09. The van der Waals surface area contributed by atoms with Crippen molar-refractivity contribution < 1.29 is 49.1 Å². The summed E-state index contributed by atoms with van der Waals surface area (Å²) in [6, 6.07) is 4.38. The molecule has 3 unspecified atom stereocenters. The van der Waals surface area contributed by atoms with Gasteiger partial charge in [0.05, 0.1) is 17.6 Å². The van der Waals surface area contributed by atoms with Crippen LogP contribution in [0.15, 0.2) is 40.9 Å². The largest absolute Gasteiger partial charge is 0.511 e. The highest BCUT2D eigenvalue weighted by molar-refractivity contribution is 8.00. The van der Waals surface area contributed by atoms with Crippen LogP contribution in [-0.2, 0) is 19.1 Å². The second kappa shape index (κ2) is 10.8. The Kier molecular flexibility index (Phi) is 7.39. The molecule has 0 bridgehead atoms. The van der Waals surface area contributed by atoms with E-state index in [2.05, 4.69) is 10.6 Å². The third-order valence-electron chi connectivity index (χ3n) is 9.66. The summed E-state index contributed by atoms with van der Waals surface area (Å²) in [6.07, 6.45) is -0.0932. The molecular weight excluding hydrogens is 594 g/mol. The van der Waals surface area contributed by atoms with E-state index in [4.69, 9.17) is 10.5 Å². The third kappa shape index (κ3) is 4.45. The van der Waals surface area contributed by atoms with Gasteiger partial charge in [-0.25, -0.2) is 4.79 Å². The number of hydrogen-bond donors (Lipinski definition) is 7. The van der Waals surface area contributed by atoms with Crippen LogP contribution in [0, 0.1) is 11.8 Å². The molecule has 3 aliphatic carbocycles. The Morgan fingerprint density at radius 2 is 1.89 bits per heavy atom. The van der Waals surface area contributed by atoms with Gasteiger partial charge in [0.1, 0.15) is 28.9 Å². The number of nitrogens with two attached hydrogens (primary N) is 1. The van der Waals surface area contributed by atoms with Gasteiger partial charge in [0.2, 0.25) is 5.78 Å². The molecule has 0 aromatic heterocycles. The number of urea groups is 1. The summed E-state index contributed by atoms with van der Waals surface area (Å²) in [5.41, 5.74) is 1.37. The van der Waals surface area contributed by atoms with Crippen LogP contribution in [0.5, 0.6) is 5.75 Å². The van der Waals surface area contributed by atoms with E-state index in [-0.39, 0.29) is 41.1 Å². The van der Waals surface area contributed by atoms with Crippen molar-refractivity contribution in [2.75, 3.05) is 5.75 Å². The molecule has 3 amide bonds. The molecule has 1 aromatic carbocycles. The molecule has 0 spiro atoms. The van der Waals surface area contributed by atoms with Crippen LogP contribution in [0.4, 0.5) is 4.79 Å². The number of primary amides is 1. The molecule has 8 N–H and O–H groups in total. The molecule has 6 rings (SSSR count). The molecule has 234 valence electrons. The number of thioether (sulfide) groups is 1. The van der Waals surface area contributed by atoms with E-state index in [1.54, 1.807) is 30.8 Å². The van der Waals surface area contributed by atoms with Crippen molar-refractivity contribution in [3.05, 3.63) is 52.0 Å². The average Bonchev–Trinajstić information content (AvgIpc) is 3.51. The summed E-state index contributed by atoms with van der Waals surface area (Å²) < 4.78 is 5.92. The number of benzene rings is 1. The molecule has 0 radical (unpaired) electrons. The Morgan fingerprint density at radius 3 is 2.61 bits per heavy atom. The maximum Gasteiger partial charge on any atom is 0.315 e. The lowest BCUT2D eigenvalue weighted by Crippen LogP contribution is -2.63. The van der Waals surface area contributed by atoms with Crippen LogP contribution >= 0.6 is 11.8 Å². The van der Waals surface area contributed by atoms with Gasteiger partial charge in [0.15, 0.2) is 11.4 Å². The van der Waals surface area contributed by atoms with Gasteiger partial charge in [-0.2, -0.15) is 11.8 Å². The van der Waals surface area contributed by atoms with E-state index in [9.17, 15) is 44.4 Å². The van der Waals surface area contributed by atoms with Crippen LogP contribution in [0.2, 0.25) is 0 Å². The van der Waals surface area contributed by atoms with E-state index in [0.717, 1.165) is 12.2 Å². The number of unbranched alkanes of at least 4 members (excludes halogenated alkanes) is 1. The van der Waals surface area contributed by atoms with Gasteiger partial charge in [-0.3, -0.25) is 19.2 Å². The summed E-state index contributed by atoms with van der Waals surface area (Å²) in [5, 5.41) is 50.4. The van der Waals surface area contributed by atoms with Crippen LogP contribution in [0.1, 0.15) is 60.9 Å². The molecule has 2 heterocycles. The van der Waals surface area contributed by atoms with E-state index >= 15 is 0 Å². The zero-order chi connectivity index (χ0) is 31.7. The van der Waals surface area contributed by atoms with Crippen LogP contribution in [-0.4, -0.2) is 84.7 Å². The van der Waals surface area contributed by atoms with Crippen LogP contribution in [0.25, 0.3) is 0 Å². The lowest BCUT2D eigenvalue weighted by molar-refractivity contribution is -0.174. The first kappa shape index (κ1) is 30.0. The summed E-state index contributed by atoms with van der Waals surface area (Å²) >= 11 is 1.75. The highest BCUT2D eigenvalue weighted by Crippen LogP contribution is 2.55. The predicted octanol–water partition coefficient (Wildman–Crippen LogP) is 1.39. The van der Waals surface area contributed by atoms with Gasteiger partial charge in [-0.1, -0.05) is 25.5 Å². The first-order valence-electron chi connectivity index (χ1n) is 14.5. The van der Waals surface area contributed by atoms with Crippen molar-refractivity contribution in [2.24, 2.45) is 17.6 Å². The molecule has 44 heavy (non-hydrogen) atoms. The Morgan fingerprint density at radius 1 is 1.14 bits per heavy atom. The van der Waals surface area contributed by atoms with E-state index in [1.807, 2.05) is 0 Å². The second-order valence-electron chi connectivity index (χ2n) is 12.1. The maximum atomic E-state index is 13.8. The molecular formula is C30H33N3O10S. The standard InChI is InChI=1S/C30H33N3O10S/c1-11-12-5-4-6-15(34)20(12)24(37)22-19(11)25(13-9-16(35)21(28(31)40)26(38)30(13,42)27(22)39)43-18(36)8-3-2-7-17-23-14(10-44-17)32-29(41)33-23/h4-6,11,13-14,17,19,23,25,34-35,39,42H,2-3,7-10H2,1H3,(H2,31,40)(H2,32,33,41)/t11-,13+,14?,17?,19+,23?,25+,30+/m0/s1. The highest BCUT2D eigenvalue weighted by Gasteiger charge is 2.65. The summed E-state index contributed by atoms with van der Waals surface area (Å²) in [5.74, 6) is -8.73. The predicted molar refractivity (Wildman–Crippen MR) is 155 cm³/mol. The number of aliphatic hydroxyl groups excluding tert-OH is 2. The van der Waals surface area contributed by atoms with E-state index in [0.29, 0.717) is 18.4 Å². The molecule has 14 heteroatoms. The minimum absolute atomic E-state index is 0.0276. The van der Waals surface area contributed by atoms with Crippen LogP contribution < -0.4 is 16.4 Å². The number of carbonyl (C=O) groups is 5. The smallest absolute Gasteiger partial charge is 0.315 e. The first-order chi connectivity index (χ1) is 20.9. The van der Waals surface area contributed by atoms with Crippen molar-refractivity contribution in [1.29, 1.82) is 0 Å². The van der Waals surface area contributed by atoms with Gasteiger partial charge >= 0.3 is 12.0 Å². The number of phenols is 1. The van der Waals surface area contributed by atoms with Gasteiger partial charge in [-0.05, 0) is 30.4 Å². The number of phenolic OH excluding ortho intramolecular Hbond substituents is 1. The molecule has 2 saturated heterocycles. The minimum Gasteiger partial charge on any atom is -0.511 e. The number of nitrogens with one attached hydrogen (secondary N) is 2.